The van der Waals surface area contributed by atoms with Crippen LogP contribution in [0.3, 0.4) is 0 Å². The van der Waals surface area contributed by atoms with E-state index in [1.165, 1.54) is 0 Å². The van der Waals surface area contributed by atoms with Gasteiger partial charge in [-0.3, -0.25) is 4.79 Å². The molecular formula is C18H21N5O3. The second kappa shape index (κ2) is 6.21. The number of aryl methyl sites for hydroxylation is 2. The van der Waals surface area contributed by atoms with Crippen molar-refractivity contribution in [3.63, 3.8) is 0 Å². The second-order valence-corrected chi connectivity index (χ2v) is 7.00. The smallest absolute Gasteiger partial charge is 0.254 e. The maximum atomic E-state index is 12.9. The van der Waals surface area contributed by atoms with Crippen molar-refractivity contribution in [1.29, 1.82) is 0 Å². The zero-order valence-corrected chi connectivity index (χ0v) is 14.8. The molecule has 8 heteroatoms. The van der Waals surface area contributed by atoms with Gasteiger partial charge in [0.05, 0.1) is 12.1 Å². The van der Waals surface area contributed by atoms with Gasteiger partial charge in [-0.15, -0.1) is 10.2 Å². The highest BCUT2D eigenvalue weighted by molar-refractivity contribution is 5.97. The Labute approximate surface area is 150 Å². The molecule has 3 aromatic rings. The monoisotopic (exact) mass is 355 g/mol. The zero-order chi connectivity index (χ0) is 18.3. The molecule has 1 unspecified atom stereocenters. The van der Waals surface area contributed by atoms with Gasteiger partial charge in [0, 0.05) is 32.5 Å². The summed E-state index contributed by atoms with van der Waals surface area (Å²) >= 11 is 0. The number of fused-ring (bicyclic) bond motifs is 1. The van der Waals surface area contributed by atoms with Crippen LogP contribution >= 0.6 is 0 Å². The van der Waals surface area contributed by atoms with Crippen LogP contribution in [0.4, 0.5) is 0 Å². The molecule has 0 bridgehead atoms. The molecule has 0 spiro atoms. The van der Waals surface area contributed by atoms with E-state index in [4.69, 9.17) is 4.42 Å². The first kappa shape index (κ1) is 16.7. The van der Waals surface area contributed by atoms with Crippen molar-refractivity contribution < 1.29 is 14.3 Å². The number of nitrogens with zero attached hydrogens (tertiary/aromatic N) is 5. The first-order valence-electron chi connectivity index (χ1n) is 8.65. The van der Waals surface area contributed by atoms with Crippen molar-refractivity contribution in [2.24, 2.45) is 7.05 Å². The van der Waals surface area contributed by atoms with E-state index in [0.29, 0.717) is 47.8 Å². The van der Waals surface area contributed by atoms with Gasteiger partial charge < -0.3 is 19.0 Å². The Morgan fingerprint density at radius 2 is 2.27 bits per heavy atom. The quantitative estimate of drug-likeness (QED) is 0.764. The number of amides is 1. The number of benzene rings is 1. The third-order valence-corrected chi connectivity index (χ3v) is 4.88. The van der Waals surface area contributed by atoms with Crippen LogP contribution in [0.2, 0.25) is 0 Å². The lowest BCUT2D eigenvalue weighted by Gasteiger charge is -2.39. The SMILES string of the molecule is Cc1nc2cc(C(=O)N3CCCC(O)(Cc4nncn4C)C3)ccc2o1. The van der Waals surface area contributed by atoms with E-state index in [-0.39, 0.29) is 12.5 Å². The summed E-state index contributed by atoms with van der Waals surface area (Å²) in [6.45, 7) is 2.67. The van der Waals surface area contributed by atoms with Gasteiger partial charge in [0.15, 0.2) is 11.5 Å². The molecule has 1 aliphatic heterocycles. The highest BCUT2D eigenvalue weighted by Crippen LogP contribution is 2.26. The first-order chi connectivity index (χ1) is 12.4. The molecule has 1 amide bonds. The molecular weight excluding hydrogens is 334 g/mol. The van der Waals surface area contributed by atoms with E-state index in [1.54, 1.807) is 40.9 Å². The number of likely N-dealkylation sites (tertiary alicyclic amines) is 1. The van der Waals surface area contributed by atoms with Gasteiger partial charge in [-0.2, -0.15) is 0 Å². The number of carbonyl (C=O) groups excluding carboxylic acids is 1. The average molecular weight is 355 g/mol. The van der Waals surface area contributed by atoms with Crippen LogP contribution in [-0.2, 0) is 13.5 Å². The minimum atomic E-state index is -0.997. The van der Waals surface area contributed by atoms with Gasteiger partial charge >= 0.3 is 0 Å². The third kappa shape index (κ3) is 3.08. The van der Waals surface area contributed by atoms with E-state index in [0.717, 1.165) is 6.42 Å². The number of oxazole rings is 1. The van der Waals surface area contributed by atoms with Gasteiger partial charge in [-0.1, -0.05) is 0 Å². The van der Waals surface area contributed by atoms with E-state index < -0.39 is 5.60 Å². The van der Waals surface area contributed by atoms with E-state index in [1.807, 2.05) is 7.05 Å². The molecule has 0 radical (unpaired) electrons. The van der Waals surface area contributed by atoms with Crippen molar-refractivity contribution in [1.82, 2.24) is 24.6 Å². The molecule has 1 fully saturated rings. The summed E-state index contributed by atoms with van der Waals surface area (Å²) in [5, 5.41) is 18.9. The second-order valence-electron chi connectivity index (χ2n) is 7.00. The molecule has 26 heavy (non-hydrogen) atoms. The summed E-state index contributed by atoms with van der Waals surface area (Å²) in [7, 11) is 1.85. The predicted molar refractivity (Wildman–Crippen MR) is 93.5 cm³/mol. The number of carbonyl (C=O) groups is 1. The van der Waals surface area contributed by atoms with E-state index in [2.05, 4.69) is 15.2 Å². The van der Waals surface area contributed by atoms with Crippen LogP contribution in [-0.4, -0.2) is 54.4 Å². The van der Waals surface area contributed by atoms with Gasteiger partial charge in [0.1, 0.15) is 17.7 Å². The lowest BCUT2D eigenvalue weighted by molar-refractivity contribution is -0.0258. The zero-order valence-electron chi connectivity index (χ0n) is 14.8. The van der Waals surface area contributed by atoms with E-state index in [9.17, 15) is 9.90 Å². The largest absolute Gasteiger partial charge is 0.441 e. The Morgan fingerprint density at radius 3 is 3.04 bits per heavy atom. The van der Waals surface area contributed by atoms with E-state index >= 15 is 0 Å². The molecule has 2 aromatic heterocycles. The first-order valence-corrected chi connectivity index (χ1v) is 8.65. The fraction of sp³-hybridized carbons (Fsp3) is 0.444. The summed E-state index contributed by atoms with van der Waals surface area (Å²) < 4.78 is 7.25. The third-order valence-electron chi connectivity index (χ3n) is 4.88. The fourth-order valence-electron chi connectivity index (χ4n) is 3.55. The highest BCUT2D eigenvalue weighted by atomic mass is 16.3. The molecule has 4 rings (SSSR count). The maximum Gasteiger partial charge on any atom is 0.254 e. The van der Waals surface area contributed by atoms with Crippen molar-refractivity contribution >= 4 is 17.0 Å². The molecule has 0 aliphatic carbocycles. The molecule has 1 aliphatic rings. The molecule has 1 atom stereocenters. The summed E-state index contributed by atoms with van der Waals surface area (Å²) in [4.78, 5) is 18.9. The number of aromatic nitrogens is 4. The minimum absolute atomic E-state index is 0.108. The molecule has 0 saturated carbocycles. The Hall–Kier alpha value is -2.74. The Balaban J connectivity index is 1.54. The van der Waals surface area contributed by atoms with Crippen LogP contribution in [0, 0.1) is 6.92 Å². The van der Waals surface area contributed by atoms with Gasteiger partial charge in [0.2, 0.25) is 0 Å². The molecule has 1 aromatic carbocycles. The standard InChI is InChI=1S/C18H21N5O3/c1-12-20-14-8-13(4-5-15(14)26-12)17(24)23-7-3-6-18(25,10-23)9-16-21-19-11-22(16)2/h4-5,8,11,25H,3,6-7,9-10H2,1-2H3. The summed E-state index contributed by atoms with van der Waals surface area (Å²) in [6, 6.07) is 5.24. The number of piperidine rings is 1. The molecule has 8 nitrogen and oxygen atoms in total. The molecule has 1 saturated heterocycles. The summed E-state index contributed by atoms with van der Waals surface area (Å²) in [6.07, 6.45) is 3.35. The molecule has 3 heterocycles. The van der Waals surface area contributed by atoms with Crippen molar-refractivity contribution in [3.8, 4) is 0 Å². The Morgan fingerprint density at radius 1 is 1.42 bits per heavy atom. The number of hydrogen-bond acceptors (Lipinski definition) is 6. The van der Waals surface area contributed by atoms with Gasteiger partial charge in [-0.25, -0.2) is 4.98 Å². The number of β-amino-alcohol motifs (C(OH)–C–C–N with tert-alkyl or cyclic N) is 1. The number of hydrogen-bond donors (Lipinski definition) is 1. The average Bonchev–Trinajstić information content (AvgIpc) is 3.17. The van der Waals surface area contributed by atoms with Crippen molar-refractivity contribution in [2.45, 2.75) is 31.8 Å². The van der Waals surface area contributed by atoms with Crippen LogP contribution in [0.1, 0.15) is 34.9 Å². The topological polar surface area (TPSA) is 97.3 Å². The van der Waals surface area contributed by atoms with Crippen molar-refractivity contribution in [3.05, 3.63) is 41.8 Å². The lowest BCUT2D eigenvalue weighted by atomic mass is 9.89. The number of rotatable bonds is 3. The Kier molecular flexibility index (Phi) is 3.99. The number of aliphatic hydroxyl groups is 1. The fourth-order valence-corrected chi connectivity index (χ4v) is 3.55. The summed E-state index contributed by atoms with van der Waals surface area (Å²) in [5.41, 5.74) is 0.883. The van der Waals surface area contributed by atoms with Crippen LogP contribution in [0.5, 0.6) is 0 Å². The minimum Gasteiger partial charge on any atom is -0.441 e. The van der Waals surface area contributed by atoms with Crippen molar-refractivity contribution in [2.75, 3.05) is 13.1 Å². The van der Waals surface area contributed by atoms with Crippen LogP contribution in [0.15, 0.2) is 28.9 Å². The molecule has 136 valence electrons. The lowest BCUT2D eigenvalue weighted by Crippen LogP contribution is -2.51. The highest BCUT2D eigenvalue weighted by Gasteiger charge is 2.36. The van der Waals surface area contributed by atoms with Crippen LogP contribution in [0.25, 0.3) is 11.1 Å². The summed E-state index contributed by atoms with van der Waals surface area (Å²) in [5.74, 6) is 1.17. The normalized spacial score (nSPS) is 20.7. The molecule has 1 N–H and O–H groups in total. The predicted octanol–water partition coefficient (Wildman–Crippen LogP) is 1.47. The van der Waals surface area contributed by atoms with Gasteiger partial charge in [-0.05, 0) is 31.0 Å². The van der Waals surface area contributed by atoms with Gasteiger partial charge in [0.25, 0.3) is 5.91 Å². The maximum absolute atomic E-state index is 12.9. The Bertz CT molecular complexity index is 963. The van der Waals surface area contributed by atoms with Crippen LogP contribution < -0.4 is 0 Å².